The number of benzene rings is 1. The van der Waals surface area contributed by atoms with Crippen LogP contribution in [-0.4, -0.2) is 73.1 Å². The third kappa shape index (κ3) is 3.76. The molecule has 1 amide bonds. The number of amides is 1. The van der Waals surface area contributed by atoms with Gasteiger partial charge in [0, 0.05) is 57.3 Å². The lowest BCUT2D eigenvalue weighted by Crippen LogP contribution is -2.42. The first-order valence-corrected chi connectivity index (χ1v) is 11.1. The van der Waals surface area contributed by atoms with Crippen molar-refractivity contribution in [3.63, 3.8) is 0 Å². The van der Waals surface area contributed by atoms with Crippen LogP contribution in [0.25, 0.3) is 10.9 Å². The smallest absolute Gasteiger partial charge is 0.281 e. The van der Waals surface area contributed by atoms with Gasteiger partial charge in [-0.2, -0.15) is 17.0 Å². The number of hydrogen-bond acceptors (Lipinski definition) is 4. The molecular weight excluding hydrogens is 376 g/mol. The normalized spacial score (nSPS) is 18.1. The van der Waals surface area contributed by atoms with E-state index in [0.717, 1.165) is 16.6 Å². The molecule has 1 aliphatic heterocycles. The first kappa shape index (κ1) is 20.7. The van der Waals surface area contributed by atoms with Crippen molar-refractivity contribution in [2.24, 2.45) is 0 Å². The number of hydrogen-bond donors (Lipinski definition) is 0. The van der Waals surface area contributed by atoms with E-state index in [9.17, 15) is 13.2 Å². The van der Waals surface area contributed by atoms with Crippen LogP contribution in [0.1, 0.15) is 42.2 Å². The summed E-state index contributed by atoms with van der Waals surface area (Å²) in [5, 5.41) is 0.815. The van der Waals surface area contributed by atoms with E-state index in [1.54, 1.807) is 19.0 Å². The van der Waals surface area contributed by atoms with Crippen molar-refractivity contribution in [3.8, 4) is 0 Å². The lowest BCUT2D eigenvalue weighted by molar-refractivity contribution is 0.0829. The highest BCUT2D eigenvalue weighted by Gasteiger charge is 2.36. The van der Waals surface area contributed by atoms with E-state index < -0.39 is 10.2 Å². The van der Waals surface area contributed by atoms with Gasteiger partial charge < -0.3 is 4.90 Å². The zero-order chi connectivity index (χ0) is 20.5. The summed E-state index contributed by atoms with van der Waals surface area (Å²) in [5.74, 6) is -0.103. The largest absolute Gasteiger partial charge is 0.345 e. The first-order valence-electron chi connectivity index (χ1n) is 9.66. The van der Waals surface area contributed by atoms with Gasteiger partial charge in [-0.3, -0.25) is 9.78 Å². The third-order valence-corrected chi connectivity index (χ3v) is 7.45. The van der Waals surface area contributed by atoms with Gasteiger partial charge in [0.05, 0.1) is 11.1 Å². The van der Waals surface area contributed by atoms with Crippen molar-refractivity contribution < 1.29 is 13.2 Å². The average Bonchev–Trinajstić information content (AvgIpc) is 3.18. The Morgan fingerprint density at radius 1 is 1.21 bits per heavy atom. The lowest BCUT2D eigenvalue weighted by Gasteiger charge is -2.25. The van der Waals surface area contributed by atoms with Gasteiger partial charge in [0.1, 0.15) is 0 Å². The average molecular weight is 405 g/mol. The Hall–Kier alpha value is -2.03. The molecule has 2 aromatic rings. The molecule has 1 aromatic heterocycles. The molecular formula is C20H28N4O3S. The van der Waals surface area contributed by atoms with Crippen LogP contribution in [0, 0.1) is 0 Å². The van der Waals surface area contributed by atoms with Gasteiger partial charge in [0.2, 0.25) is 0 Å². The van der Waals surface area contributed by atoms with Crippen molar-refractivity contribution in [2.45, 2.75) is 26.2 Å². The summed E-state index contributed by atoms with van der Waals surface area (Å²) >= 11 is 0. The molecule has 28 heavy (non-hydrogen) atoms. The van der Waals surface area contributed by atoms with Crippen LogP contribution < -0.4 is 0 Å². The lowest BCUT2D eigenvalue weighted by atomic mass is 9.99. The fourth-order valence-corrected chi connectivity index (χ4v) is 5.40. The van der Waals surface area contributed by atoms with E-state index in [2.05, 4.69) is 0 Å². The van der Waals surface area contributed by atoms with Crippen molar-refractivity contribution in [1.29, 1.82) is 0 Å². The zero-order valence-corrected chi connectivity index (χ0v) is 17.7. The second kappa shape index (κ2) is 8.14. The topological polar surface area (TPSA) is 73.8 Å². The minimum absolute atomic E-state index is 0.0244. The molecule has 0 bridgehead atoms. The van der Waals surface area contributed by atoms with Crippen LogP contribution in [0.3, 0.4) is 0 Å². The van der Waals surface area contributed by atoms with E-state index in [-0.39, 0.29) is 11.8 Å². The van der Waals surface area contributed by atoms with Crippen LogP contribution >= 0.6 is 0 Å². The predicted octanol–water partition coefficient (Wildman–Crippen LogP) is 2.31. The summed E-state index contributed by atoms with van der Waals surface area (Å²) in [6.07, 6.45) is 0.696. The third-order valence-electron chi connectivity index (χ3n) is 5.30. The number of carbonyl (C=O) groups is 1. The number of carbonyl (C=O) groups excluding carboxylic acids is 1. The number of pyridine rings is 1. The molecule has 7 nitrogen and oxygen atoms in total. The quantitative estimate of drug-likeness (QED) is 0.741. The maximum absolute atomic E-state index is 12.8. The molecule has 1 fully saturated rings. The molecule has 3 rings (SSSR count). The Kier molecular flexibility index (Phi) is 6.02. The maximum atomic E-state index is 12.8. The SMILES string of the molecule is CCN(CC)S(=O)(=O)N1CC[C@H](c2cc(C(=O)N(C)C)c3ccccc3n2)C1. The molecule has 0 N–H and O–H groups in total. The molecule has 0 saturated carbocycles. The van der Waals surface area contributed by atoms with Crippen LogP contribution in [0.2, 0.25) is 0 Å². The van der Waals surface area contributed by atoms with E-state index in [4.69, 9.17) is 4.98 Å². The number of fused-ring (bicyclic) bond motifs is 1. The number of aromatic nitrogens is 1. The standard InChI is InChI=1S/C20H28N4O3S/c1-5-23(6-2)28(26,27)24-12-11-15(14-24)19-13-17(20(25)22(3)4)16-9-7-8-10-18(16)21-19/h7-10,13,15H,5-6,11-12,14H2,1-4H3/t15-/m0/s1. The van der Waals surface area contributed by atoms with Gasteiger partial charge >= 0.3 is 0 Å². The van der Waals surface area contributed by atoms with Crippen LogP contribution in [0.5, 0.6) is 0 Å². The number of rotatable bonds is 6. The van der Waals surface area contributed by atoms with Crippen molar-refractivity contribution >= 4 is 27.0 Å². The van der Waals surface area contributed by atoms with Gasteiger partial charge in [-0.1, -0.05) is 32.0 Å². The van der Waals surface area contributed by atoms with Gasteiger partial charge in [-0.25, -0.2) is 0 Å². The zero-order valence-electron chi connectivity index (χ0n) is 16.9. The second-order valence-corrected chi connectivity index (χ2v) is 9.18. The second-order valence-electron chi connectivity index (χ2n) is 7.25. The molecule has 1 saturated heterocycles. The molecule has 0 aliphatic carbocycles. The Morgan fingerprint density at radius 3 is 2.54 bits per heavy atom. The minimum atomic E-state index is -3.46. The molecule has 1 atom stereocenters. The molecule has 2 heterocycles. The molecule has 8 heteroatoms. The Labute approximate surface area is 167 Å². The highest BCUT2D eigenvalue weighted by atomic mass is 32.2. The summed E-state index contributed by atoms with van der Waals surface area (Å²) in [5.41, 5.74) is 2.15. The molecule has 1 aromatic carbocycles. The Morgan fingerprint density at radius 2 is 1.89 bits per heavy atom. The van der Waals surface area contributed by atoms with Gasteiger partial charge in [0.25, 0.3) is 16.1 Å². The number of nitrogens with zero attached hydrogens (tertiary/aromatic N) is 4. The first-order chi connectivity index (χ1) is 13.3. The van der Waals surface area contributed by atoms with E-state index >= 15 is 0 Å². The van der Waals surface area contributed by atoms with Crippen molar-refractivity contribution in [3.05, 3.63) is 41.6 Å². The highest BCUT2D eigenvalue weighted by molar-refractivity contribution is 7.86. The highest BCUT2D eigenvalue weighted by Crippen LogP contribution is 2.31. The fourth-order valence-electron chi connectivity index (χ4n) is 3.72. The Bertz CT molecular complexity index is 971. The van der Waals surface area contributed by atoms with Crippen molar-refractivity contribution in [2.75, 3.05) is 40.3 Å². The number of para-hydroxylation sites is 1. The van der Waals surface area contributed by atoms with Crippen LogP contribution in [-0.2, 0) is 10.2 Å². The van der Waals surface area contributed by atoms with E-state index in [1.165, 1.54) is 8.61 Å². The summed E-state index contributed by atoms with van der Waals surface area (Å²) in [6.45, 7) is 5.46. The van der Waals surface area contributed by atoms with Crippen molar-refractivity contribution in [1.82, 2.24) is 18.5 Å². The summed E-state index contributed by atoms with van der Waals surface area (Å²) < 4.78 is 28.7. The maximum Gasteiger partial charge on any atom is 0.281 e. The van der Waals surface area contributed by atoms with Crippen LogP contribution in [0.15, 0.2) is 30.3 Å². The molecule has 152 valence electrons. The van der Waals surface area contributed by atoms with Gasteiger partial charge in [-0.15, -0.1) is 0 Å². The predicted molar refractivity (Wildman–Crippen MR) is 111 cm³/mol. The molecule has 1 aliphatic rings. The van der Waals surface area contributed by atoms with E-state index in [1.807, 2.05) is 44.2 Å². The minimum Gasteiger partial charge on any atom is -0.345 e. The molecule has 0 radical (unpaired) electrons. The van der Waals surface area contributed by atoms with Crippen LogP contribution in [0.4, 0.5) is 0 Å². The van der Waals surface area contributed by atoms with Gasteiger partial charge in [0.15, 0.2) is 0 Å². The molecule has 0 spiro atoms. The molecule has 0 unspecified atom stereocenters. The summed E-state index contributed by atoms with van der Waals surface area (Å²) in [6, 6.07) is 9.42. The van der Waals surface area contributed by atoms with E-state index in [0.29, 0.717) is 38.2 Å². The Balaban J connectivity index is 1.96. The van der Waals surface area contributed by atoms with Gasteiger partial charge in [-0.05, 0) is 18.6 Å². The summed E-state index contributed by atoms with van der Waals surface area (Å²) in [7, 11) is -0.00581. The fraction of sp³-hybridized carbons (Fsp3) is 0.500. The summed E-state index contributed by atoms with van der Waals surface area (Å²) in [4.78, 5) is 19.0. The monoisotopic (exact) mass is 404 g/mol.